The SMILES string of the molecule is COC(=O)C1CC(=Cc2cccc(F)c2)CN1C(=O)OC(C)(C)C. The number of methoxy groups -OCH3 is 1. The number of rotatable bonds is 2. The van der Waals surface area contributed by atoms with E-state index in [4.69, 9.17) is 9.47 Å². The average molecular weight is 335 g/mol. The van der Waals surface area contributed by atoms with Crippen molar-refractivity contribution in [2.45, 2.75) is 38.8 Å². The lowest BCUT2D eigenvalue weighted by atomic mass is 10.1. The van der Waals surface area contributed by atoms with Gasteiger partial charge in [-0.1, -0.05) is 18.2 Å². The van der Waals surface area contributed by atoms with Crippen LogP contribution in [0.25, 0.3) is 6.08 Å². The van der Waals surface area contributed by atoms with Crippen LogP contribution in [0.4, 0.5) is 9.18 Å². The molecule has 0 radical (unpaired) electrons. The van der Waals surface area contributed by atoms with E-state index in [-0.39, 0.29) is 12.4 Å². The van der Waals surface area contributed by atoms with E-state index >= 15 is 0 Å². The molecule has 1 aromatic rings. The number of nitrogens with zero attached hydrogens (tertiary/aromatic N) is 1. The molecule has 0 aromatic heterocycles. The number of benzene rings is 1. The van der Waals surface area contributed by atoms with Crippen molar-refractivity contribution in [3.05, 3.63) is 41.2 Å². The van der Waals surface area contributed by atoms with Crippen LogP contribution in [0.3, 0.4) is 0 Å². The fraction of sp³-hybridized carbons (Fsp3) is 0.444. The number of ether oxygens (including phenoxy) is 2. The lowest BCUT2D eigenvalue weighted by Crippen LogP contribution is -2.43. The van der Waals surface area contributed by atoms with Crippen LogP contribution in [0, 0.1) is 5.82 Å². The molecule has 6 heteroatoms. The van der Waals surface area contributed by atoms with Crippen LogP contribution in [-0.2, 0) is 14.3 Å². The van der Waals surface area contributed by atoms with Gasteiger partial charge in [-0.25, -0.2) is 14.0 Å². The fourth-order valence-corrected chi connectivity index (χ4v) is 2.55. The van der Waals surface area contributed by atoms with E-state index in [1.807, 2.05) is 0 Å². The summed E-state index contributed by atoms with van der Waals surface area (Å²) in [5.41, 5.74) is 0.855. The van der Waals surface area contributed by atoms with Crippen LogP contribution in [-0.4, -0.2) is 42.3 Å². The largest absolute Gasteiger partial charge is 0.467 e. The van der Waals surface area contributed by atoms with Crippen molar-refractivity contribution in [2.24, 2.45) is 0 Å². The first-order chi connectivity index (χ1) is 11.2. The van der Waals surface area contributed by atoms with E-state index < -0.39 is 23.7 Å². The highest BCUT2D eigenvalue weighted by molar-refractivity contribution is 5.84. The molecule has 1 saturated heterocycles. The molecule has 130 valence electrons. The maximum absolute atomic E-state index is 13.3. The summed E-state index contributed by atoms with van der Waals surface area (Å²) in [6.45, 7) is 5.53. The van der Waals surface area contributed by atoms with Gasteiger partial charge in [0.2, 0.25) is 0 Å². The Hall–Kier alpha value is -2.37. The number of hydrogen-bond donors (Lipinski definition) is 0. The van der Waals surface area contributed by atoms with Crippen LogP contribution >= 0.6 is 0 Å². The molecule has 1 aromatic carbocycles. The van der Waals surface area contributed by atoms with Crippen molar-refractivity contribution >= 4 is 18.1 Å². The molecule has 1 aliphatic heterocycles. The van der Waals surface area contributed by atoms with E-state index in [0.29, 0.717) is 12.0 Å². The number of halogens is 1. The van der Waals surface area contributed by atoms with Crippen molar-refractivity contribution in [1.29, 1.82) is 0 Å². The maximum Gasteiger partial charge on any atom is 0.411 e. The lowest BCUT2D eigenvalue weighted by molar-refractivity contribution is -0.145. The van der Waals surface area contributed by atoms with E-state index in [1.165, 1.54) is 24.1 Å². The van der Waals surface area contributed by atoms with Crippen LogP contribution in [0.1, 0.15) is 32.8 Å². The second-order valence-electron chi connectivity index (χ2n) is 6.71. The maximum atomic E-state index is 13.3. The zero-order valence-electron chi connectivity index (χ0n) is 14.3. The number of likely N-dealkylation sites (tertiary alicyclic amines) is 1. The number of amides is 1. The first kappa shape index (κ1) is 18.0. The van der Waals surface area contributed by atoms with E-state index in [1.54, 1.807) is 39.0 Å². The van der Waals surface area contributed by atoms with Crippen LogP contribution < -0.4 is 0 Å². The Morgan fingerprint density at radius 3 is 2.62 bits per heavy atom. The Kier molecular flexibility index (Phi) is 5.26. The summed E-state index contributed by atoms with van der Waals surface area (Å²) in [6, 6.07) is 5.40. The summed E-state index contributed by atoms with van der Waals surface area (Å²) in [7, 11) is 1.28. The van der Waals surface area contributed by atoms with Crippen LogP contribution in [0.15, 0.2) is 29.8 Å². The first-order valence-electron chi connectivity index (χ1n) is 7.72. The van der Waals surface area contributed by atoms with Crippen molar-refractivity contribution < 1.29 is 23.5 Å². The molecule has 1 atom stereocenters. The Balaban J connectivity index is 2.23. The fourth-order valence-electron chi connectivity index (χ4n) is 2.55. The average Bonchev–Trinajstić information content (AvgIpc) is 2.88. The number of carbonyl (C=O) groups excluding carboxylic acids is 2. The molecule has 0 spiro atoms. The second-order valence-corrected chi connectivity index (χ2v) is 6.71. The molecule has 1 unspecified atom stereocenters. The summed E-state index contributed by atoms with van der Waals surface area (Å²) in [4.78, 5) is 25.7. The molecule has 24 heavy (non-hydrogen) atoms. The molecule has 1 fully saturated rings. The highest BCUT2D eigenvalue weighted by Crippen LogP contribution is 2.27. The molecule has 2 rings (SSSR count). The molecular formula is C18H22FNO4. The van der Waals surface area contributed by atoms with E-state index in [2.05, 4.69) is 0 Å². The molecule has 0 bridgehead atoms. The molecule has 0 saturated carbocycles. The molecule has 0 aliphatic carbocycles. The summed E-state index contributed by atoms with van der Waals surface area (Å²) < 4.78 is 23.4. The Bertz CT molecular complexity index is 663. The topological polar surface area (TPSA) is 55.8 Å². The van der Waals surface area contributed by atoms with Gasteiger partial charge in [0, 0.05) is 13.0 Å². The third kappa shape index (κ3) is 4.57. The van der Waals surface area contributed by atoms with Gasteiger partial charge in [0.15, 0.2) is 0 Å². The molecular weight excluding hydrogens is 313 g/mol. The number of hydrogen-bond acceptors (Lipinski definition) is 4. The zero-order chi connectivity index (χ0) is 17.9. The van der Waals surface area contributed by atoms with Gasteiger partial charge >= 0.3 is 12.1 Å². The van der Waals surface area contributed by atoms with Gasteiger partial charge in [-0.2, -0.15) is 0 Å². The lowest BCUT2D eigenvalue weighted by Gasteiger charge is -2.27. The standard InChI is InChI=1S/C18H22FNO4/c1-18(2,3)24-17(22)20-11-13(10-15(20)16(21)23-4)8-12-6-5-7-14(19)9-12/h5-9,15H,10-11H2,1-4H3. The first-order valence-corrected chi connectivity index (χ1v) is 7.72. The molecule has 5 nitrogen and oxygen atoms in total. The summed E-state index contributed by atoms with van der Waals surface area (Å²) >= 11 is 0. The van der Waals surface area contributed by atoms with Crippen LogP contribution in [0.2, 0.25) is 0 Å². The van der Waals surface area contributed by atoms with Gasteiger partial charge in [-0.3, -0.25) is 4.90 Å². The quantitative estimate of drug-likeness (QED) is 0.778. The van der Waals surface area contributed by atoms with Crippen molar-refractivity contribution in [1.82, 2.24) is 4.90 Å². The van der Waals surface area contributed by atoms with Gasteiger partial charge in [0.05, 0.1) is 7.11 Å². The summed E-state index contributed by atoms with van der Waals surface area (Å²) in [5, 5.41) is 0. The molecule has 1 amide bonds. The van der Waals surface area contributed by atoms with Crippen molar-refractivity contribution in [3.63, 3.8) is 0 Å². The van der Waals surface area contributed by atoms with Gasteiger partial charge in [-0.15, -0.1) is 0 Å². The Morgan fingerprint density at radius 2 is 2.04 bits per heavy atom. The predicted molar refractivity (Wildman–Crippen MR) is 87.7 cm³/mol. The van der Waals surface area contributed by atoms with Gasteiger partial charge in [-0.05, 0) is 44.0 Å². The minimum Gasteiger partial charge on any atom is -0.467 e. The highest BCUT2D eigenvalue weighted by atomic mass is 19.1. The highest BCUT2D eigenvalue weighted by Gasteiger charge is 2.39. The normalized spacial score (nSPS) is 19.5. The van der Waals surface area contributed by atoms with Crippen molar-refractivity contribution in [3.8, 4) is 0 Å². The summed E-state index contributed by atoms with van der Waals surface area (Å²) in [6.07, 6.45) is 1.55. The van der Waals surface area contributed by atoms with Gasteiger partial charge < -0.3 is 9.47 Å². The Morgan fingerprint density at radius 1 is 1.33 bits per heavy atom. The van der Waals surface area contributed by atoms with Crippen molar-refractivity contribution in [2.75, 3.05) is 13.7 Å². The van der Waals surface area contributed by atoms with Crippen LogP contribution in [0.5, 0.6) is 0 Å². The minimum atomic E-state index is -0.732. The number of esters is 1. The third-order valence-corrected chi connectivity index (χ3v) is 3.53. The predicted octanol–water partition coefficient (Wildman–Crippen LogP) is 3.39. The smallest absolute Gasteiger partial charge is 0.411 e. The molecule has 0 N–H and O–H groups in total. The second kappa shape index (κ2) is 7.03. The summed E-state index contributed by atoms with van der Waals surface area (Å²) in [5.74, 6) is -0.834. The minimum absolute atomic E-state index is 0.241. The number of carbonyl (C=O) groups is 2. The monoisotopic (exact) mass is 335 g/mol. The van der Waals surface area contributed by atoms with E-state index in [9.17, 15) is 14.0 Å². The van der Waals surface area contributed by atoms with Gasteiger partial charge in [0.1, 0.15) is 17.5 Å². The third-order valence-electron chi connectivity index (χ3n) is 3.53. The zero-order valence-corrected chi connectivity index (χ0v) is 14.3. The Labute approximate surface area is 141 Å². The van der Waals surface area contributed by atoms with Gasteiger partial charge in [0.25, 0.3) is 0 Å². The molecule has 1 heterocycles. The van der Waals surface area contributed by atoms with E-state index in [0.717, 1.165) is 5.57 Å². The molecule has 1 aliphatic rings.